The Kier molecular flexibility index (Phi) is 8.00. The molecule has 0 radical (unpaired) electrons. The molecule has 228 valence electrons. The molecule has 1 aromatic heterocycles. The number of carbonyl (C=O) groups is 2. The molecule has 2 amide bonds. The first-order valence-corrected chi connectivity index (χ1v) is 15.9. The fraction of sp³-hybridized carbons (Fsp3) is 0.385. The predicted octanol–water partition coefficient (Wildman–Crippen LogP) is 7.64. The lowest BCUT2D eigenvalue weighted by Crippen LogP contribution is -2.51. The van der Waals surface area contributed by atoms with E-state index in [1.165, 1.54) is 35.1 Å². The average Bonchev–Trinajstić information content (AvgIpc) is 3.50. The molecule has 6 rings (SSSR count). The van der Waals surface area contributed by atoms with Crippen LogP contribution in [0.3, 0.4) is 0 Å². The lowest BCUT2D eigenvalue weighted by atomic mass is 9.62. The first kappa shape index (κ1) is 29.9. The summed E-state index contributed by atoms with van der Waals surface area (Å²) in [6.45, 7) is 13.5. The van der Waals surface area contributed by atoms with Crippen molar-refractivity contribution in [3.05, 3.63) is 130 Å². The summed E-state index contributed by atoms with van der Waals surface area (Å²) in [5, 5.41) is 0. The number of benzene rings is 3. The molecular weight excluding hydrogens is 544 g/mol. The first-order chi connectivity index (χ1) is 21.0. The summed E-state index contributed by atoms with van der Waals surface area (Å²) in [7, 11) is 0. The number of hydrogen-bond donors (Lipinski definition) is 0. The van der Waals surface area contributed by atoms with Crippen LogP contribution in [0, 0.1) is 6.92 Å². The lowest BCUT2D eigenvalue weighted by Gasteiger charge is -2.42. The molecule has 5 heteroatoms. The molecule has 2 aliphatic rings. The van der Waals surface area contributed by atoms with Crippen LogP contribution < -0.4 is 0 Å². The van der Waals surface area contributed by atoms with Crippen LogP contribution in [0.2, 0.25) is 0 Å². The summed E-state index contributed by atoms with van der Waals surface area (Å²) < 4.78 is 6.15. The van der Waals surface area contributed by atoms with Crippen molar-refractivity contribution in [3.8, 4) is 0 Å². The van der Waals surface area contributed by atoms with E-state index >= 15 is 0 Å². The van der Waals surface area contributed by atoms with Crippen LogP contribution in [0.1, 0.15) is 96.2 Å². The molecule has 2 heterocycles. The van der Waals surface area contributed by atoms with Gasteiger partial charge in [-0.05, 0) is 76.1 Å². The quantitative estimate of drug-likeness (QED) is 0.233. The maximum atomic E-state index is 13.8. The number of aryl methyl sites for hydroxylation is 1. The highest BCUT2D eigenvalue weighted by atomic mass is 16.4. The number of fused-ring (bicyclic) bond motifs is 1. The second kappa shape index (κ2) is 11.8. The minimum Gasteiger partial charge on any atom is -0.456 e. The van der Waals surface area contributed by atoms with Gasteiger partial charge in [-0.25, -0.2) is 0 Å². The van der Waals surface area contributed by atoms with Crippen LogP contribution in [0.25, 0.3) is 0 Å². The summed E-state index contributed by atoms with van der Waals surface area (Å²) in [6, 6.07) is 28.4. The van der Waals surface area contributed by atoms with Crippen molar-refractivity contribution >= 4 is 11.8 Å². The Morgan fingerprint density at radius 2 is 1.25 bits per heavy atom. The van der Waals surface area contributed by atoms with E-state index in [1.54, 1.807) is 11.0 Å². The second-order valence-corrected chi connectivity index (χ2v) is 13.9. The maximum absolute atomic E-state index is 13.8. The van der Waals surface area contributed by atoms with Crippen molar-refractivity contribution in [1.82, 2.24) is 9.80 Å². The van der Waals surface area contributed by atoms with Gasteiger partial charge in [-0.15, -0.1) is 0 Å². The van der Waals surface area contributed by atoms with Gasteiger partial charge >= 0.3 is 0 Å². The average molecular weight is 589 g/mol. The molecule has 1 aliphatic heterocycles. The topological polar surface area (TPSA) is 53.8 Å². The van der Waals surface area contributed by atoms with Crippen LogP contribution in [-0.4, -0.2) is 47.8 Å². The van der Waals surface area contributed by atoms with Crippen molar-refractivity contribution in [2.24, 2.45) is 0 Å². The molecule has 0 saturated carbocycles. The van der Waals surface area contributed by atoms with Gasteiger partial charge in [0.05, 0.1) is 5.92 Å². The molecule has 0 spiro atoms. The number of furan rings is 1. The molecule has 1 aliphatic carbocycles. The van der Waals surface area contributed by atoms with Gasteiger partial charge in [0.2, 0.25) is 5.91 Å². The third kappa shape index (κ3) is 5.85. The van der Waals surface area contributed by atoms with Crippen molar-refractivity contribution < 1.29 is 14.0 Å². The van der Waals surface area contributed by atoms with Gasteiger partial charge in [0.15, 0.2) is 5.76 Å². The highest BCUT2D eigenvalue weighted by molar-refractivity contribution is 5.92. The molecule has 3 aromatic carbocycles. The first-order valence-electron chi connectivity index (χ1n) is 15.9. The van der Waals surface area contributed by atoms with E-state index in [4.69, 9.17) is 4.42 Å². The monoisotopic (exact) mass is 588 g/mol. The Bertz CT molecular complexity index is 1600. The van der Waals surface area contributed by atoms with Crippen LogP contribution in [0.5, 0.6) is 0 Å². The van der Waals surface area contributed by atoms with Gasteiger partial charge < -0.3 is 14.2 Å². The fourth-order valence-electron chi connectivity index (χ4n) is 6.97. The summed E-state index contributed by atoms with van der Waals surface area (Å²) >= 11 is 0. The van der Waals surface area contributed by atoms with Gasteiger partial charge in [0.25, 0.3) is 5.91 Å². The zero-order valence-corrected chi connectivity index (χ0v) is 26.7. The van der Waals surface area contributed by atoms with E-state index in [0.29, 0.717) is 38.4 Å². The molecule has 0 bridgehead atoms. The Morgan fingerprint density at radius 3 is 1.82 bits per heavy atom. The number of piperazine rings is 1. The van der Waals surface area contributed by atoms with Gasteiger partial charge in [-0.3, -0.25) is 9.59 Å². The SMILES string of the molecule is Cc1cc2c(cc1Cc1ccc(C(=O)N3CCN(C(=O)C(c4ccccc4)c4ccccc4)CC3)o1)C(C)(C)CCC2(C)C. The summed E-state index contributed by atoms with van der Waals surface area (Å²) in [4.78, 5) is 31.0. The molecule has 1 fully saturated rings. The second-order valence-electron chi connectivity index (χ2n) is 13.9. The zero-order valence-electron chi connectivity index (χ0n) is 26.7. The standard InChI is InChI=1S/C39H44N2O3/c1-27-24-32-33(39(4,5)19-18-38(32,2)3)26-30(27)25-31-16-17-34(44-31)36(42)40-20-22-41(23-21-40)37(43)35(28-12-8-6-9-13-28)29-14-10-7-11-15-29/h6-17,24,26,35H,18-23,25H2,1-5H3. The van der Waals surface area contributed by atoms with E-state index in [9.17, 15) is 9.59 Å². The molecule has 0 N–H and O–H groups in total. The highest BCUT2D eigenvalue weighted by Crippen LogP contribution is 2.46. The number of carbonyl (C=O) groups excluding carboxylic acids is 2. The molecule has 0 unspecified atom stereocenters. The smallest absolute Gasteiger partial charge is 0.289 e. The summed E-state index contributed by atoms with van der Waals surface area (Å²) in [5.74, 6) is 0.753. The Morgan fingerprint density at radius 1 is 0.727 bits per heavy atom. The maximum Gasteiger partial charge on any atom is 0.289 e. The lowest BCUT2D eigenvalue weighted by molar-refractivity contribution is -0.133. The predicted molar refractivity (Wildman–Crippen MR) is 175 cm³/mol. The molecule has 5 nitrogen and oxygen atoms in total. The fourth-order valence-corrected chi connectivity index (χ4v) is 6.97. The van der Waals surface area contributed by atoms with E-state index in [1.807, 2.05) is 71.6 Å². The van der Waals surface area contributed by atoms with Gasteiger partial charge in [0, 0.05) is 32.6 Å². The minimum absolute atomic E-state index is 0.0711. The number of nitrogens with zero attached hydrogens (tertiary/aromatic N) is 2. The van der Waals surface area contributed by atoms with Gasteiger partial charge in [-0.2, -0.15) is 0 Å². The number of amides is 2. The third-order valence-electron chi connectivity index (χ3n) is 9.94. The number of rotatable bonds is 6. The number of hydrogen-bond acceptors (Lipinski definition) is 3. The van der Waals surface area contributed by atoms with E-state index < -0.39 is 0 Å². The molecular formula is C39H44N2O3. The van der Waals surface area contributed by atoms with Crippen molar-refractivity contribution in [2.45, 2.75) is 70.6 Å². The Hall–Kier alpha value is -4.12. The van der Waals surface area contributed by atoms with E-state index in [2.05, 4.69) is 46.8 Å². The van der Waals surface area contributed by atoms with Crippen LogP contribution in [0.15, 0.2) is 89.3 Å². The van der Waals surface area contributed by atoms with Crippen molar-refractivity contribution in [3.63, 3.8) is 0 Å². The van der Waals surface area contributed by atoms with Crippen LogP contribution >= 0.6 is 0 Å². The largest absolute Gasteiger partial charge is 0.456 e. The van der Waals surface area contributed by atoms with Crippen LogP contribution in [-0.2, 0) is 22.0 Å². The highest BCUT2D eigenvalue weighted by Gasteiger charge is 2.37. The zero-order chi connectivity index (χ0) is 31.1. The van der Waals surface area contributed by atoms with Crippen LogP contribution in [0.4, 0.5) is 0 Å². The van der Waals surface area contributed by atoms with E-state index in [-0.39, 0.29) is 28.6 Å². The van der Waals surface area contributed by atoms with E-state index in [0.717, 1.165) is 16.9 Å². The Labute approximate surface area is 261 Å². The normalized spacial score (nSPS) is 17.4. The van der Waals surface area contributed by atoms with Crippen molar-refractivity contribution in [1.29, 1.82) is 0 Å². The van der Waals surface area contributed by atoms with Crippen molar-refractivity contribution in [2.75, 3.05) is 26.2 Å². The molecule has 44 heavy (non-hydrogen) atoms. The third-order valence-corrected chi connectivity index (χ3v) is 9.94. The molecule has 4 aromatic rings. The summed E-state index contributed by atoms with van der Waals surface area (Å²) in [6.07, 6.45) is 3.02. The molecule has 1 saturated heterocycles. The molecule has 0 atom stereocenters. The van der Waals surface area contributed by atoms with Gasteiger partial charge in [-0.1, -0.05) is 100 Å². The minimum atomic E-state index is -0.365. The Balaban J connectivity index is 1.13. The summed E-state index contributed by atoms with van der Waals surface area (Å²) in [5.41, 5.74) is 7.69. The van der Waals surface area contributed by atoms with Gasteiger partial charge in [0.1, 0.15) is 5.76 Å².